The van der Waals surface area contributed by atoms with Gasteiger partial charge in [-0.05, 0) is 18.2 Å². The summed E-state index contributed by atoms with van der Waals surface area (Å²) in [6, 6.07) is 15.7. The van der Waals surface area contributed by atoms with Gasteiger partial charge in [0.15, 0.2) is 0 Å². The van der Waals surface area contributed by atoms with Gasteiger partial charge < -0.3 is 0 Å². The zero-order valence-electron chi connectivity index (χ0n) is 12.3. The maximum Gasteiger partial charge on any atom is 0.205 e. The molecule has 0 atom stereocenters. The monoisotopic (exact) mass is 405 g/mol. The van der Waals surface area contributed by atoms with E-state index >= 15 is 0 Å². The summed E-state index contributed by atoms with van der Waals surface area (Å²) in [5, 5.41) is 7.30. The summed E-state index contributed by atoms with van der Waals surface area (Å²) in [5.74, 6) is 0. The van der Waals surface area contributed by atoms with E-state index in [1.165, 1.54) is 0 Å². The second-order valence-electron chi connectivity index (χ2n) is 4.72. The maximum absolute atomic E-state index is 6.19. The van der Waals surface area contributed by atoms with Gasteiger partial charge >= 0.3 is 0 Å². The third kappa shape index (κ3) is 3.63. The van der Waals surface area contributed by atoms with Gasteiger partial charge in [-0.15, -0.1) is 11.3 Å². The van der Waals surface area contributed by atoms with Gasteiger partial charge in [0.25, 0.3) is 0 Å². The lowest BCUT2D eigenvalue weighted by Gasteiger charge is -2.04. The van der Waals surface area contributed by atoms with E-state index in [0.717, 1.165) is 26.1 Å². The number of aromatic nitrogens is 1. The minimum Gasteiger partial charge on any atom is -0.261 e. The molecule has 2 aromatic carbocycles. The van der Waals surface area contributed by atoms with Crippen LogP contribution in [0.4, 0.5) is 0 Å². The molecule has 0 aliphatic carbocycles. The van der Waals surface area contributed by atoms with Crippen LogP contribution >= 0.6 is 38.9 Å². The van der Waals surface area contributed by atoms with Crippen LogP contribution < -0.4 is 4.80 Å². The summed E-state index contributed by atoms with van der Waals surface area (Å²) >= 11 is 11.2. The van der Waals surface area contributed by atoms with Gasteiger partial charge in [-0.1, -0.05) is 57.9 Å². The van der Waals surface area contributed by atoms with Crippen LogP contribution in [-0.2, 0) is 0 Å². The van der Waals surface area contributed by atoms with Crippen molar-refractivity contribution in [3.05, 3.63) is 73.8 Å². The Kier molecular flexibility index (Phi) is 5.10. The normalized spacial score (nSPS) is 12.2. The molecule has 23 heavy (non-hydrogen) atoms. The lowest BCUT2D eigenvalue weighted by Crippen LogP contribution is -2.11. The fraction of sp³-hybridized carbons (Fsp3) is 0.0588. The Bertz CT molecular complexity index is 927. The number of nitrogens with zero attached hydrogens (tertiary/aromatic N) is 3. The van der Waals surface area contributed by atoms with Crippen molar-refractivity contribution in [1.29, 1.82) is 0 Å². The van der Waals surface area contributed by atoms with Gasteiger partial charge in [0, 0.05) is 33.0 Å². The summed E-state index contributed by atoms with van der Waals surface area (Å²) in [6.45, 7) is 0. The standard InChI is InChI=1S/C17H13BrClN3S/c1-20-17-22(21-10-13-5-2-3-8-15(13)19)16(11-23-17)12-6-4-7-14(18)9-12/h2-11H,1H3/b20-17?,21-10+. The molecule has 116 valence electrons. The van der Waals surface area contributed by atoms with E-state index in [2.05, 4.69) is 32.1 Å². The molecule has 0 aliphatic heterocycles. The Morgan fingerprint density at radius 2 is 2.00 bits per heavy atom. The summed E-state index contributed by atoms with van der Waals surface area (Å²) in [4.78, 5) is 5.12. The molecule has 6 heteroatoms. The van der Waals surface area contributed by atoms with E-state index in [9.17, 15) is 0 Å². The minimum absolute atomic E-state index is 0.672. The highest BCUT2D eigenvalue weighted by Crippen LogP contribution is 2.23. The Balaban J connectivity index is 2.09. The molecule has 0 saturated carbocycles. The molecule has 0 saturated heterocycles. The molecule has 0 bridgehead atoms. The van der Waals surface area contributed by atoms with Gasteiger partial charge in [0.2, 0.25) is 4.80 Å². The van der Waals surface area contributed by atoms with Gasteiger partial charge in [-0.3, -0.25) is 4.99 Å². The van der Waals surface area contributed by atoms with Crippen molar-refractivity contribution in [2.24, 2.45) is 10.1 Å². The molecule has 3 nitrogen and oxygen atoms in total. The first-order valence-electron chi connectivity index (χ1n) is 6.87. The highest BCUT2D eigenvalue weighted by Gasteiger charge is 2.07. The van der Waals surface area contributed by atoms with Gasteiger partial charge in [0.05, 0.1) is 11.9 Å². The summed E-state index contributed by atoms with van der Waals surface area (Å²) < 4.78 is 2.85. The Labute approximate surface area is 151 Å². The predicted octanol–water partition coefficient (Wildman–Crippen LogP) is 5.05. The van der Waals surface area contributed by atoms with Gasteiger partial charge in [-0.25, -0.2) is 4.68 Å². The van der Waals surface area contributed by atoms with Crippen molar-refractivity contribution in [3.8, 4) is 11.3 Å². The van der Waals surface area contributed by atoms with Crippen LogP contribution in [0, 0.1) is 0 Å². The topological polar surface area (TPSA) is 29.6 Å². The van der Waals surface area contributed by atoms with Crippen LogP contribution in [0.2, 0.25) is 5.02 Å². The average Bonchev–Trinajstić information content (AvgIpc) is 2.97. The van der Waals surface area contributed by atoms with Crippen LogP contribution in [-0.4, -0.2) is 17.9 Å². The second-order valence-corrected chi connectivity index (χ2v) is 6.87. The zero-order valence-corrected chi connectivity index (χ0v) is 15.4. The molecule has 0 radical (unpaired) electrons. The third-order valence-electron chi connectivity index (χ3n) is 3.21. The highest BCUT2D eigenvalue weighted by molar-refractivity contribution is 9.10. The molecule has 1 aromatic heterocycles. The van der Waals surface area contributed by atoms with Crippen LogP contribution in [0.15, 0.2) is 68.5 Å². The molecule has 3 aromatic rings. The first-order valence-corrected chi connectivity index (χ1v) is 8.92. The van der Waals surface area contributed by atoms with Crippen molar-refractivity contribution in [3.63, 3.8) is 0 Å². The molecule has 0 fully saturated rings. The molecule has 0 spiro atoms. The lowest BCUT2D eigenvalue weighted by atomic mass is 10.2. The summed E-state index contributed by atoms with van der Waals surface area (Å²) in [5.41, 5.74) is 2.93. The Morgan fingerprint density at radius 3 is 2.74 bits per heavy atom. The summed E-state index contributed by atoms with van der Waals surface area (Å²) in [7, 11) is 1.76. The highest BCUT2D eigenvalue weighted by atomic mass is 79.9. The summed E-state index contributed by atoms with van der Waals surface area (Å²) in [6.07, 6.45) is 1.76. The van der Waals surface area contributed by atoms with Crippen molar-refractivity contribution < 1.29 is 0 Å². The predicted molar refractivity (Wildman–Crippen MR) is 101 cm³/mol. The lowest BCUT2D eigenvalue weighted by molar-refractivity contribution is 0.848. The molecule has 0 N–H and O–H groups in total. The largest absolute Gasteiger partial charge is 0.261 e. The first-order chi connectivity index (χ1) is 11.2. The van der Waals surface area contributed by atoms with E-state index in [0.29, 0.717) is 5.02 Å². The Hall–Kier alpha value is -1.69. The Morgan fingerprint density at radius 1 is 1.17 bits per heavy atom. The molecular formula is C17H13BrClN3S. The maximum atomic E-state index is 6.19. The fourth-order valence-electron chi connectivity index (χ4n) is 2.11. The smallest absolute Gasteiger partial charge is 0.205 e. The number of rotatable bonds is 3. The first kappa shape index (κ1) is 16.2. The third-order valence-corrected chi connectivity index (χ3v) is 4.96. The van der Waals surface area contributed by atoms with E-state index in [1.54, 1.807) is 24.6 Å². The number of halogens is 2. The second kappa shape index (κ2) is 7.25. The average molecular weight is 407 g/mol. The van der Waals surface area contributed by atoms with E-state index in [4.69, 9.17) is 11.6 Å². The van der Waals surface area contributed by atoms with Crippen molar-refractivity contribution in [1.82, 2.24) is 4.68 Å². The van der Waals surface area contributed by atoms with Crippen LogP contribution in [0.3, 0.4) is 0 Å². The number of hydrogen-bond acceptors (Lipinski definition) is 3. The number of thiazole rings is 1. The molecular weight excluding hydrogens is 394 g/mol. The zero-order chi connectivity index (χ0) is 16.2. The van der Waals surface area contributed by atoms with Crippen molar-refractivity contribution in [2.45, 2.75) is 0 Å². The van der Waals surface area contributed by atoms with Gasteiger partial charge in [-0.2, -0.15) is 5.10 Å². The van der Waals surface area contributed by atoms with Gasteiger partial charge in [0.1, 0.15) is 0 Å². The van der Waals surface area contributed by atoms with Crippen molar-refractivity contribution >= 4 is 45.1 Å². The molecule has 0 unspecified atom stereocenters. The SMILES string of the molecule is CN=c1scc(-c2cccc(Br)c2)n1/N=C/c1ccccc1Cl. The molecule has 1 heterocycles. The van der Waals surface area contributed by atoms with Crippen molar-refractivity contribution in [2.75, 3.05) is 7.05 Å². The van der Waals surface area contributed by atoms with E-state index in [-0.39, 0.29) is 0 Å². The molecule has 0 amide bonds. The van der Waals surface area contributed by atoms with E-state index < -0.39 is 0 Å². The molecule has 0 aliphatic rings. The minimum atomic E-state index is 0.672. The van der Waals surface area contributed by atoms with Crippen LogP contribution in [0.1, 0.15) is 5.56 Å². The van der Waals surface area contributed by atoms with Crippen LogP contribution in [0.5, 0.6) is 0 Å². The molecule has 3 rings (SSSR count). The number of hydrogen-bond donors (Lipinski definition) is 0. The van der Waals surface area contributed by atoms with Crippen LogP contribution in [0.25, 0.3) is 11.3 Å². The number of benzene rings is 2. The quantitative estimate of drug-likeness (QED) is 0.545. The fourth-order valence-corrected chi connectivity index (χ4v) is 3.50. The van der Waals surface area contributed by atoms with E-state index in [1.807, 2.05) is 52.5 Å².